The lowest BCUT2D eigenvalue weighted by molar-refractivity contribution is 0.00663. The van der Waals surface area contributed by atoms with Gasteiger partial charge in [0, 0.05) is 6.20 Å². The quantitative estimate of drug-likeness (QED) is 0.0657. The SMILES string of the molecule is CCCCCCCCCCCCCCCCC(C)OCCO[P@@](=O)(CO[C@@H](CO)Cn1ccc(N)nc1=O)OCc1ccccc1. The minimum Gasteiger partial charge on any atom is -0.394 e. The molecule has 3 atom stereocenters. The van der Waals surface area contributed by atoms with E-state index in [9.17, 15) is 14.5 Å². The van der Waals surface area contributed by atoms with Crippen LogP contribution in [0.2, 0.25) is 0 Å². The number of aliphatic hydroxyl groups is 1. The summed E-state index contributed by atoms with van der Waals surface area (Å²) in [5, 5.41) is 9.83. The number of hydrogen-bond donors (Lipinski definition) is 2. The zero-order valence-corrected chi connectivity index (χ0v) is 29.3. The summed E-state index contributed by atoms with van der Waals surface area (Å²) in [5.41, 5.74) is 5.82. The molecular formula is C35H60N3O7P. The van der Waals surface area contributed by atoms with Gasteiger partial charge >= 0.3 is 13.3 Å². The van der Waals surface area contributed by atoms with E-state index in [1.165, 1.54) is 100 Å². The molecule has 0 saturated heterocycles. The Kier molecular flexibility index (Phi) is 21.8. The molecule has 1 unspecified atom stereocenters. The molecule has 11 heteroatoms. The summed E-state index contributed by atoms with van der Waals surface area (Å²) >= 11 is 0. The molecule has 3 N–H and O–H groups in total. The maximum atomic E-state index is 13.6. The second kappa shape index (κ2) is 25.0. The third kappa shape index (κ3) is 18.9. The van der Waals surface area contributed by atoms with Gasteiger partial charge in [-0.2, -0.15) is 4.98 Å². The van der Waals surface area contributed by atoms with Crippen LogP contribution in [0, 0.1) is 0 Å². The molecule has 0 aliphatic heterocycles. The van der Waals surface area contributed by atoms with Crippen LogP contribution in [0.4, 0.5) is 5.82 Å². The Labute approximate surface area is 276 Å². The standard InChI is InChI=1S/C35H60N3O7P/c1-3-4-5-6-7-8-9-10-11-12-13-14-15-17-20-31(2)42-25-26-44-46(41,45-29-32-21-18-16-19-22-32)30-43-33(28-39)27-38-24-23-34(36)37-35(38)40/h16,18-19,21-24,31,33,39H,3-15,17,20,25-30H2,1-2H3,(H2,36,37,40)/t31?,33-,46+/m1/s1. The minimum absolute atomic E-state index is 0.00117. The molecule has 262 valence electrons. The van der Waals surface area contributed by atoms with Gasteiger partial charge in [-0.3, -0.25) is 9.13 Å². The van der Waals surface area contributed by atoms with Gasteiger partial charge in [0.2, 0.25) is 0 Å². The van der Waals surface area contributed by atoms with Gasteiger partial charge in [-0.05, 0) is 25.0 Å². The normalized spacial score (nSPS) is 14.2. The second-order valence-corrected chi connectivity index (χ2v) is 14.2. The van der Waals surface area contributed by atoms with Crippen molar-refractivity contribution in [2.24, 2.45) is 0 Å². The first kappa shape index (κ1) is 40.1. The molecule has 2 rings (SSSR count). The molecule has 0 saturated carbocycles. The zero-order valence-electron chi connectivity index (χ0n) is 28.4. The first-order valence-corrected chi connectivity index (χ1v) is 19.2. The predicted molar refractivity (Wildman–Crippen MR) is 185 cm³/mol. The Bertz CT molecular complexity index is 1130. The molecule has 2 aromatic rings. The van der Waals surface area contributed by atoms with Gasteiger partial charge in [0.1, 0.15) is 12.2 Å². The Morgan fingerprint density at radius 2 is 1.46 bits per heavy atom. The van der Waals surface area contributed by atoms with E-state index in [4.69, 9.17) is 24.3 Å². The number of nitrogens with two attached hydrogens (primary N) is 1. The molecule has 46 heavy (non-hydrogen) atoms. The van der Waals surface area contributed by atoms with Crippen LogP contribution in [0.15, 0.2) is 47.4 Å². The number of aliphatic hydroxyl groups excluding tert-OH is 1. The summed E-state index contributed by atoms with van der Waals surface area (Å²) in [5.74, 6) is 0.103. The smallest absolute Gasteiger partial charge is 0.356 e. The van der Waals surface area contributed by atoms with Crippen LogP contribution in [0.5, 0.6) is 0 Å². The number of nitrogen functional groups attached to an aromatic ring is 1. The fourth-order valence-corrected chi connectivity index (χ4v) is 6.47. The van der Waals surface area contributed by atoms with Crippen LogP contribution in [-0.2, 0) is 36.2 Å². The average molecular weight is 666 g/mol. The summed E-state index contributed by atoms with van der Waals surface area (Å²) in [6.07, 6.45) is 20.0. The molecule has 10 nitrogen and oxygen atoms in total. The fraction of sp³-hybridized carbons (Fsp3) is 0.714. The van der Waals surface area contributed by atoms with E-state index in [1.807, 2.05) is 30.3 Å². The average Bonchev–Trinajstić information content (AvgIpc) is 3.06. The predicted octanol–water partition coefficient (Wildman–Crippen LogP) is 7.86. The zero-order chi connectivity index (χ0) is 33.3. The van der Waals surface area contributed by atoms with Crippen LogP contribution < -0.4 is 11.4 Å². The number of anilines is 1. The lowest BCUT2D eigenvalue weighted by Crippen LogP contribution is -2.32. The number of aromatic nitrogens is 2. The van der Waals surface area contributed by atoms with Gasteiger partial charge in [0.05, 0.1) is 45.2 Å². The van der Waals surface area contributed by atoms with Crippen LogP contribution in [0.25, 0.3) is 0 Å². The Morgan fingerprint density at radius 3 is 2.04 bits per heavy atom. The van der Waals surface area contributed by atoms with Crippen molar-refractivity contribution in [2.75, 3.05) is 31.9 Å². The van der Waals surface area contributed by atoms with Crippen LogP contribution in [-0.4, -0.2) is 53.0 Å². The Morgan fingerprint density at radius 1 is 0.848 bits per heavy atom. The first-order valence-electron chi connectivity index (χ1n) is 17.4. The van der Waals surface area contributed by atoms with E-state index in [2.05, 4.69) is 18.8 Å². The van der Waals surface area contributed by atoms with Crippen LogP contribution in [0.3, 0.4) is 0 Å². The molecule has 0 amide bonds. The van der Waals surface area contributed by atoms with Gasteiger partial charge in [-0.25, -0.2) is 4.79 Å². The van der Waals surface area contributed by atoms with Crippen molar-refractivity contribution < 1.29 is 28.2 Å². The van der Waals surface area contributed by atoms with Crippen molar-refractivity contribution in [1.82, 2.24) is 9.55 Å². The highest BCUT2D eigenvalue weighted by Gasteiger charge is 2.28. The van der Waals surface area contributed by atoms with E-state index < -0.39 is 32.3 Å². The van der Waals surface area contributed by atoms with E-state index in [-0.39, 0.29) is 38.3 Å². The highest BCUT2D eigenvalue weighted by Crippen LogP contribution is 2.49. The maximum Gasteiger partial charge on any atom is 0.356 e. The molecule has 1 aromatic heterocycles. The molecule has 1 heterocycles. The van der Waals surface area contributed by atoms with E-state index in [0.717, 1.165) is 18.4 Å². The van der Waals surface area contributed by atoms with E-state index >= 15 is 0 Å². The third-order valence-electron chi connectivity index (χ3n) is 7.98. The summed E-state index contributed by atoms with van der Waals surface area (Å²) in [6.45, 7) is 4.33. The lowest BCUT2D eigenvalue weighted by Gasteiger charge is -2.23. The number of nitrogens with zero attached hydrogens (tertiary/aromatic N) is 2. The number of ether oxygens (including phenoxy) is 2. The van der Waals surface area contributed by atoms with Crippen molar-refractivity contribution in [3.63, 3.8) is 0 Å². The number of hydrogen-bond acceptors (Lipinski definition) is 9. The number of unbranched alkanes of at least 4 members (excludes halogenated alkanes) is 13. The summed E-state index contributed by atoms with van der Waals surface area (Å²) < 4.78 is 38.0. The Balaban J connectivity index is 1.65. The molecular weight excluding hydrogens is 605 g/mol. The maximum absolute atomic E-state index is 13.6. The Hall–Kier alpha value is -2.07. The summed E-state index contributed by atoms with van der Waals surface area (Å²) in [6, 6.07) is 10.8. The third-order valence-corrected chi connectivity index (χ3v) is 9.54. The van der Waals surface area contributed by atoms with Crippen molar-refractivity contribution in [3.8, 4) is 0 Å². The molecule has 0 aliphatic carbocycles. The summed E-state index contributed by atoms with van der Waals surface area (Å²) in [7, 11) is -3.72. The van der Waals surface area contributed by atoms with Gasteiger partial charge in [0.25, 0.3) is 0 Å². The first-order chi connectivity index (χ1) is 22.3. The minimum atomic E-state index is -3.72. The topological polar surface area (TPSA) is 135 Å². The summed E-state index contributed by atoms with van der Waals surface area (Å²) in [4.78, 5) is 15.8. The number of rotatable bonds is 29. The molecule has 0 aliphatic rings. The lowest BCUT2D eigenvalue weighted by atomic mass is 10.0. The van der Waals surface area contributed by atoms with Gasteiger partial charge in [-0.1, -0.05) is 127 Å². The molecule has 0 spiro atoms. The van der Waals surface area contributed by atoms with Crippen LogP contribution in [0.1, 0.15) is 116 Å². The largest absolute Gasteiger partial charge is 0.394 e. The van der Waals surface area contributed by atoms with E-state index in [0.29, 0.717) is 0 Å². The molecule has 0 bridgehead atoms. The van der Waals surface area contributed by atoms with Crippen molar-refractivity contribution in [2.45, 2.75) is 136 Å². The molecule has 1 aromatic carbocycles. The van der Waals surface area contributed by atoms with Crippen LogP contribution >= 0.6 is 7.60 Å². The highest BCUT2D eigenvalue weighted by atomic mass is 31.2. The molecule has 0 radical (unpaired) electrons. The number of benzene rings is 1. The highest BCUT2D eigenvalue weighted by molar-refractivity contribution is 7.53. The van der Waals surface area contributed by atoms with Crippen molar-refractivity contribution >= 4 is 13.4 Å². The van der Waals surface area contributed by atoms with Crippen molar-refractivity contribution in [3.05, 3.63) is 58.6 Å². The van der Waals surface area contributed by atoms with E-state index in [1.54, 1.807) is 0 Å². The van der Waals surface area contributed by atoms with Gasteiger partial charge in [0.15, 0.2) is 0 Å². The monoisotopic (exact) mass is 665 g/mol. The molecule has 0 fully saturated rings. The van der Waals surface area contributed by atoms with Gasteiger partial charge < -0.3 is 29.4 Å². The fourth-order valence-electron chi connectivity index (χ4n) is 5.15. The second-order valence-electron chi connectivity index (χ2n) is 12.2. The van der Waals surface area contributed by atoms with Gasteiger partial charge in [-0.15, -0.1) is 0 Å². The van der Waals surface area contributed by atoms with Crippen molar-refractivity contribution in [1.29, 1.82) is 0 Å².